The lowest BCUT2D eigenvalue weighted by molar-refractivity contribution is 0.0846. The number of hydrogen-bond acceptors (Lipinski definition) is 3. The van der Waals surface area contributed by atoms with Crippen molar-refractivity contribution >= 4 is 21.6 Å². The number of nitrogens with zero attached hydrogens (tertiary/aromatic N) is 1. The first kappa shape index (κ1) is 16.5. The Balaban J connectivity index is 2.80. The van der Waals surface area contributed by atoms with Gasteiger partial charge in [0.1, 0.15) is 0 Å². The van der Waals surface area contributed by atoms with E-state index in [0.29, 0.717) is 6.04 Å². The highest BCUT2D eigenvalue weighted by Crippen LogP contribution is 2.28. The first-order valence-corrected chi connectivity index (χ1v) is 7.54. The average molecular weight is 329 g/mol. The lowest BCUT2D eigenvalue weighted by Gasteiger charge is -2.25. The van der Waals surface area contributed by atoms with E-state index in [2.05, 4.69) is 72.2 Å². The second-order valence-electron chi connectivity index (χ2n) is 5.05. The molecule has 0 aromatic heterocycles. The summed E-state index contributed by atoms with van der Waals surface area (Å²) in [6, 6.07) is 6.74. The van der Waals surface area contributed by atoms with E-state index >= 15 is 0 Å². The van der Waals surface area contributed by atoms with Gasteiger partial charge in [-0.3, -0.25) is 0 Å². The van der Waals surface area contributed by atoms with Gasteiger partial charge in [0, 0.05) is 29.8 Å². The predicted molar refractivity (Wildman–Crippen MR) is 86.0 cm³/mol. The SMILES string of the molecule is CNC(C)c1cc(Br)ccc1N(C)CCOC(C)C. The van der Waals surface area contributed by atoms with Gasteiger partial charge in [0.2, 0.25) is 0 Å². The van der Waals surface area contributed by atoms with Gasteiger partial charge in [-0.05, 0) is 51.6 Å². The van der Waals surface area contributed by atoms with Crippen molar-refractivity contribution in [3.8, 4) is 0 Å². The molecule has 0 saturated heterocycles. The molecule has 0 aliphatic rings. The van der Waals surface area contributed by atoms with Gasteiger partial charge in [-0.25, -0.2) is 0 Å². The number of likely N-dealkylation sites (N-methyl/N-ethyl adjacent to an activating group) is 1. The molecule has 0 spiro atoms. The molecule has 19 heavy (non-hydrogen) atoms. The quantitative estimate of drug-likeness (QED) is 0.827. The Morgan fingerprint density at radius 1 is 1.32 bits per heavy atom. The molecule has 0 aliphatic heterocycles. The third-order valence-electron chi connectivity index (χ3n) is 3.18. The summed E-state index contributed by atoms with van der Waals surface area (Å²) in [5.41, 5.74) is 2.54. The Morgan fingerprint density at radius 2 is 2.00 bits per heavy atom. The van der Waals surface area contributed by atoms with Crippen LogP contribution in [0.1, 0.15) is 32.4 Å². The molecule has 0 amide bonds. The Morgan fingerprint density at radius 3 is 2.58 bits per heavy atom. The summed E-state index contributed by atoms with van der Waals surface area (Å²) in [4.78, 5) is 2.25. The Hall–Kier alpha value is -0.580. The summed E-state index contributed by atoms with van der Waals surface area (Å²) >= 11 is 3.54. The van der Waals surface area contributed by atoms with Crippen LogP contribution in [-0.4, -0.2) is 33.4 Å². The number of ether oxygens (including phenoxy) is 1. The first-order chi connectivity index (χ1) is 8.95. The highest BCUT2D eigenvalue weighted by atomic mass is 79.9. The van der Waals surface area contributed by atoms with Gasteiger partial charge in [-0.15, -0.1) is 0 Å². The zero-order valence-corrected chi connectivity index (χ0v) is 14.1. The van der Waals surface area contributed by atoms with Gasteiger partial charge in [0.25, 0.3) is 0 Å². The lowest BCUT2D eigenvalue weighted by Crippen LogP contribution is -2.26. The van der Waals surface area contributed by atoms with Gasteiger partial charge < -0.3 is 15.0 Å². The summed E-state index contributed by atoms with van der Waals surface area (Å²) < 4.78 is 6.73. The van der Waals surface area contributed by atoms with Crippen molar-refractivity contribution in [1.82, 2.24) is 5.32 Å². The molecular weight excluding hydrogens is 304 g/mol. The maximum Gasteiger partial charge on any atom is 0.0644 e. The minimum absolute atomic E-state index is 0.286. The minimum atomic E-state index is 0.286. The number of anilines is 1. The molecule has 1 rings (SSSR count). The molecule has 0 saturated carbocycles. The van der Waals surface area contributed by atoms with Gasteiger partial charge >= 0.3 is 0 Å². The molecule has 0 radical (unpaired) electrons. The number of rotatable bonds is 7. The molecule has 1 unspecified atom stereocenters. The van der Waals surface area contributed by atoms with E-state index in [-0.39, 0.29) is 6.10 Å². The van der Waals surface area contributed by atoms with Gasteiger partial charge in [-0.2, -0.15) is 0 Å². The molecule has 0 aliphatic carbocycles. The number of halogens is 1. The fourth-order valence-electron chi connectivity index (χ4n) is 1.92. The fraction of sp³-hybridized carbons (Fsp3) is 0.600. The molecular formula is C15H25BrN2O. The van der Waals surface area contributed by atoms with E-state index in [1.807, 2.05) is 7.05 Å². The number of benzene rings is 1. The average Bonchev–Trinajstić information content (AvgIpc) is 2.37. The van der Waals surface area contributed by atoms with Gasteiger partial charge in [0.15, 0.2) is 0 Å². The summed E-state index contributed by atoms with van der Waals surface area (Å²) in [5.74, 6) is 0. The molecule has 108 valence electrons. The molecule has 1 N–H and O–H groups in total. The summed E-state index contributed by atoms with van der Waals surface area (Å²) in [6.45, 7) is 7.94. The van der Waals surface area contributed by atoms with Gasteiger partial charge in [0.05, 0.1) is 12.7 Å². The Labute approximate surface area is 125 Å². The maximum absolute atomic E-state index is 5.62. The van der Waals surface area contributed by atoms with Crippen LogP contribution >= 0.6 is 15.9 Å². The number of hydrogen-bond donors (Lipinski definition) is 1. The molecule has 3 nitrogen and oxygen atoms in total. The molecule has 0 bridgehead atoms. The van der Waals surface area contributed by atoms with Gasteiger partial charge in [-0.1, -0.05) is 15.9 Å². The van der Waals surface area contributed by atoms with Crippen molar-refractivity contribution in [1.29, 1.82) is 0 Å². The molecule has 0 fully saturated rings. The zero-order chi connectivity index (χ0) is 14.4. The van der Waals surface area contributed by atoms with E-state index in [9.17, 15) is 0 Å². The molecule has 0 heterocycles. The molecule has 1 aromatic carbocycles. The van der Waals surface area contributed by atoms with E-state index in [1.165, 1.54) is 11.3 Å². The van der Waals surface area contributed by atoms with Crippen LogP contribution in [0.5, 0.6) is 0 Å². The van der Waals surface area contributed by atoms with Crippen LogP contribution in [0.15, 0.2) is 22.7 Å². The minimum Gasteiger partial charge on any atom is -0.377 e. The van der Waals surface area contributed by atoms with E-state index in [0.717, 1.165) is 17.6 Å². The van der Waals surface area contributed by atoms with Crippen LogP contribution in [0.25, 0.3) is 0 Å². The van der Waals surface area contributed by atoms with E-state index in [4.69, 9.17) is 4.74 Å². The highest BCUT2D eigenvalue weighted by molar-refractivity contribution is 9.10. The Kier molecular flexibility index (Phi) is 6.83. The third-order valence-corrected chi connectivity index (χ3v) is 3.67. The molecule has 1 atom stereocenters. The normalized spacial score (nSPS) is 12.8. The highest BCUT2D eigenvalue weighted by Gasteiger charge is 2.13. The number of nitrogens with one attached hydrogen (secondary N) is 1. The van der Waals surface area contributed by atoms with Crippen molar-refractivity contribution in [3.05, 3.63) is 28.2 Å². The van der Waals surface area contributed by atoms with Crippen molar-refractivity contribution < 1.29 is 4.74 Å². The van der Waals surface area contributed by atoms with Crippen LogP contribution in [0.2, 0.25) is 0 Å². The largest absolute Gasteiger partial charge is 0.377 e. The summed E-state index contributed by atoms with van der Waals surface area (Å²) in [7, 11) is 4.09. The van der Waals surface area contributed by atoms with Crippen molar-refractivity contribution in [2.75, 3.05) is 32.1 Å². The van der Waals surface area contributed by atoms with E-state index < -0.39 is 0 Å². The smallest absolute Gasteiger partial charge is 0.0644 e. The topological polar surface area (TPSA) is 24.5 Å². The molecule has 1 aromatic rings. The van der Waals surface area contributed by atoms with E-state index in [1.54, 1.807) is 0 Å². The standard InChI is InChI=1S/C15H25BrN2O/c1-11(2)19-9-8-18(5)15-7-6-13(16)10-14(15)12(3)17-4/h6-7,10-12,17H,8-9H2,1-5H3. The van der Waals surface area contributed by atoms with Crippen LogP contribution in [-0.2, 0) is 4.74 Å². The van der Waals surface area contributed by atoms with Crippen LogP contribution < -0.4 is 10.2 Å². The zero-order valence-electron chi connectivity index (χ0n) is 12.5. The van der Waals surface area contributed by atoms with Crippen LogP contribution in [0, 0.1) is 0 Å². The van der Waals surface area contributed by atoms with Crippen molar-refractivity contribution in [2.45, 2.75) is 32.9 Å². The third kappa shape index (κ3) is 5.13. The second kappa shape index (κ2) is 7.88. The maximum atomic E-state index is 5.62. The van der Waals surface area contributed by atoms with Crippen LogP contribution in [0.4, 0.5) is 5.69 Å². The Bertz CT molecular complexity index is 396. The summed E-state index contributed by atoms with van der Waals surface area (Å²) in [5, 5.41) is 3.30. The first-order valence-electron chi connectivity index (χ1n) is 6.75. The predicted octanol–water partition coefficient (Wildman–Crippen LogP) is 3.59. The van der Waals surface area contributed by atoms with Crippen molar-refractivity contribution in [2.24, 2.45) is 0 Å². The van der Waals surface area contributed by atoms with Crippen molar-refractivity contribution in [3.63, 3.8) is 0 Å². The fourth-order valence-corrected chi connectivity index (χ4v) is 2.30. The second-order valence-corrected chi connectivity index (χ2v) is 5.97. The molecule has 4 heteroatoms. The van der Waals surface area contributed by atoms with Crippen LogP contribution in [0.3, 0.4) is 0 Å². The monoisotopic (exact) mass is 328 g/mol. The summed E-state index contributed by atoms with van der Waals surface area (Å²) in [6.07, 6.45) is 0.286. The lowest BCUT2D eigenvalue weighted by atomic mass is 10.1.